The van der Waals surface area contributed by atoms with Crippen molar-refractivity contribution < 1.29 is 9.90 Å². The molecular weight excluding hydrogens is 262 g/mol. The van der Waals surface area contributed by atoms with Crippen LogP contribution < -0.4 is 0 Å². The average Bonchev–Trinajstić information content (AvgIpc) is 3.32. The first-order chi connectivity index (χ1) is 10.1. The zero-order valence-electron chi connectivity index (χ0n) is 12.8. The summed E-state index contributed by atoms with van der Waals surface area (Å²) in [5.41, 5.74) is 2.05. The third-order valence-electron chi connectivity index (χ3n) is 3.94. The third kappa shape index (κ3) is 4.61. The number of amides is 1. The van der Waals surface area contributed by atoms with E-state index < -0.39 is 0 Å². The summed E-state index contributed by atoms with van der Waals surface area (Å²) in [6.07, 6.45) is 2.89. The fourth-order valence-electron chi connectivity index (χ4n) is 2.41. The summed E-state index contributed by atoms with van der Waals surface area (Å²) in [5.74, 6) is 6.89. The first kappa shape index (κ1) is 15.6. The van der Waals surface area contributed by atoms with Gasteiger partial charge in [-0.2, -0.15) is 0 Å². The number of hydrogen-bond acceptors (Lipinski definition) is 2. The summed E-state index contributed by atoms with van der Waals surface area (Å²) in [6, 6.07) is 7.94. The van der Waals surface area contributed by atoms with E-state index in [4.69, 9.17) is 5.11 Å². The normalized spacial score (nSPS) is 15.0. The maximum absolute atomic E-state index is 12.3. The molecule has 1 fully saturated rings. The van der Waals surface area contributed by atoms with Gasteiger partial charge in [0.15, 0.2) is 0 Å². The van der Waals surface area contributed by atoms with E-state index in [1.165, 1.54) is 12.8 Å². The van der Waals surface area contributed by atoms with E-state index in [0.717, 1.165) is 11.1 Å². The molecule has 1 aliphatic rings. The van der Waals surface area contributed by atoms with Crippen molar-refractivity contribution in [1.82, 2.24) is 4.90 Å². The third-order valence-corrected chi connectivity index (χ3v) is 3.94. The molecule has 21 heavy (non-hydrogen) atoms. The van der Waals surface area contributed by atoms with Crippen molar-refractivity contribution in [1.29, 1.82) is 0 Å². The van der Waals surface area contributed by atoms with E-state index in [9.17, 15) is 4.79 Å². The maximum atomic E-state index is 12.3. The maximum Gasteiger partial charge on any atom is 0.225 e. The largest absolute Gasteiger partial charge is 0.395 e. The van der Waals surface area contributed by atoms with Crippen LogP contribution in [-0.2, 0) is 11.3 Å². The van der Waals surface area contributed by atoms with Gasteiger partial charge in [-0.1, -0.05) is 30.9 Å². The molecule has 1 atom stereocenters. The van der Waals surface area contributed by atoms with Crippen molar-refractivity contribution in [2.45, 2.75) is 32.7 Å². The minimum absolute atomic E-state index is 0.0944. The zero-order chi connectivity index (χ0) is 15.2. The number of benzene rings is 1. The second-order valence-electron chi connectivity index (χ2n) is 5.79. The van der Waals surface area contributed by atoms with E-state index in [1.54, 1.807) is 0 Å². The van der Waals surface area contributed by atoms with Crippen LogP contribution in [0.3, 0.4) is 0 Å². The second kappa shape index (κ2) is 7.28. The number of carbonyl (C=O) groups excluding carboxylic acids is 1. The predicted molar refractivity (Wildman–Crippen MR) is 83.4 cm³/mol. The highest BCUT2D eigenvalue weighted by Gasteiger charge is 2.33. The lowest BCUT2D eigenvalue weighted by Gasteiger charge is -2.21. The van der Waals surface area contributed by atoms with Gasteiger partial charge in [0.2, 0.25) is 5.91 Å². The van der Waals surface area contributed by atoms with Crippen molar-refractivity contribution in [3.05, 3.63) is 35.4 Å². The highest BCUT2D eigenvalue weighted by atomic mass is 16.2. The number of nitrogens with zero attached hydrogens (tertiary/aromatic N) is 1. The molecule has 0 spiro atoms. The molecule has 1 aromatic carbocycles. The molecule has 1 N–H and O–H groups in total. The Hall–Kier alpha value is -1.79. The van der Waals surface area contributed by atoms with Crippen LogP contribution in [0.2, 0.25) is 0 Å². The Bertz CT molecular complexity index is 535. The van der Waals surface area contributed by atoms with Gasteiger partial charge in [-0.15, -0.1) is 0 Å². The minimum Gasteiger partial charge on any atom is -0.395 e. The minimum atomic E-state index is 0.0944. The van der Waals surface area contributed by atoms with Crippen LogP contribution in [0.5, 0.6) is 0 Å². The molecule has 0 saturated heterocycles. The van der Waals surface area contributed by atoms with Crippen molar-refractivity contribution in [3.63, 3.8) is 0 Å². The van der Waals surface area contributed by atoms with Crippen molar-refractivity contribution in [2.75, 3.05) is 13.7 Å². The molecule has 1 aliphatic carbocycles. The lowest BCUT2D eigenvalue weighted by atomic mass is 10.0. The summed E-state index contributed by atoms with van der Waals surface area (Å²) in [5, 5.41) is 8.69. The van der Waals surface area contributed by atoms with Crippen molar-refractivity contribution in [3.8, 4) is 11.8 Å². The Kier molecular flexibility index (Phi) is 5.41. The molecule has 0 radical (unpaired) electrons. The van der Waals surface area contributed by atoms with Crippen molar-refractivity contribution in [2.24, 2.45) is 11.8 Å². The summed E-state index contributed by atoms with van der Waals surface area (Å²) in [4.78, 5) is 14.1. The van der Waals surface area contributed by atoms with Crippen LogP contribution in [0, 0.1) is 23.7 Å². The molecule has 112 valence electrons. The Morgan fingerprint density at radius 2 is 2.05 bits per heavy atom. The molecule has 1 amide bonds. The van der Waals surface area contributed by atoms with Gasteiger partial charge in [0.1, 0.15) is 0 Å². The summed E-state index contributed by atoms with van der Waals surface area (Å²) in [6.45, 7) is 2.77. The molecule has 1 saturated carbocycles. The molecule has 1 aromatic rings. The molecule has 0 heterocycles. The van der Waals surface area contributed by atoms with Gasteiger partial charge in [-0.05, 0) is 36.5 Å². The lowest BCUT2D eigenvalue weighted by molar-refractivity contribution is -0.134. The smallest absolute Gasteiger partial charge is 0.225 e. The van der Waals surface area contributed by atoms with E-state index in [2.05, 4.69) is 11.8 Å². The standard InChI is InChI=1S/C18H23NO2/c1-14(17-10-11-17)18(21)19(2)13-16-8-6-15(7-9-16)5-3-4-12-20/h6-9,14,17,20H,4,10-13H2,1-2H3. The number of carbonyl (C=O) groups is 1. The number of aliphatic hydroxyl groups is 1. The topological polar surface area (TPSA) is 40.5 Å². The van der Waals surface area contributed by atoms with Crippen molar-refractivity contribution >= 4 is 5.91 Å². The Balaban J connectivity index is 1.90. The highest BCUT2D eigenvalue weighted by Crippen LogP contribution is 2.37. The summed E-state index contributed by atoms with van der Waals surface area (Å²) >= 11 is 0. The fraction of sp³-hybridized carbons (Fsp3) is 0.500. The van der Waals surface area contributed by atoms with Crippen LogP contribution in [0.4, 0.5) is 0 Å². The number of rotatable bonds is 5. The van der Waals surface area contributed by atoms with E-state index in [-0.39, 0.29) is 18.4 Å². The first-order valence-corrected chi connectivity index (χ1v) is 7.55. The molecule has 3 heteroatoms. The van der Waals surface area contributed by atoms with Gasteiger partial charge < -0.3 is 10.0 Å². The van der Waals surface area contributed by atoms with E-state index in [1.807, 2.05) is 43.1 Å². The van der Waals surface area contributed by atoms with Gasteiger partial charge in [0.05, 0.1) is 6.61 Å². The Morgan fingerprint density at radius 1 is 1.38 bits per heavy atom. The molecule has 0 bridgehead atoms. The predicted octanol–water partition coefficient (Wildman–Crippen LogP) is 2.43. The summed E-state index contributed by atoms with van der Waals surface area (Å²) < 4.78 is 0. The van der Waals surface area contributed by atoms with E-state index >= 15 is 0 Å². The molecule has 0 aliphatic heterocycles. The van der Waals surface area contributed by atoms with Gasteiger partial charge in [0, 0.05) is 31.5 Å². The molecule has 0 aromatic heterocycles. The van der Waals surface area contributed by atoms with Crippen LogP contribution in [-0.4, -0.2) is 29.6 Å². The fourth-order valence-corrected chi connectivity index (χ4v) is 2.41. The van der Waals surface area contributed by atoms with Crippen LogP contribution in [0.15, 0.2) is 24.3 Å². The Morgan fingerprint density at radius 3 is 2.62 bits per heavy atom. The number of hydrogen-bond donors (Lipinski definition) is 1. The number of aliphatic hydroxyl groups excluding tert-OH is 1. The molecule has 2 rings (SSSR count). The van der Waals surface area contributed by atoms with Crippen LogP contribution in [0.25, 0.3) is 0 Å². The van der Waals surface area contributed by atoms with Gasteiger partial charge in [-0.25, -0.2) is 0 Å². The van der Waals surface area contributed by atoms with Gasteiger partial charge in [-0.3, -0.25) is 4.79 Å². The SMILES string of the molecule is CC(C(=O)N(C)Cc1ccc(C#CCCO)cc1)C1CC1. The first-order valence-electron chi connectivity index (χ1n) is 7.55. The second-order valence-corrected chi connectivity index (χ2v) is 5.79. The monoisotopic (exact) mass is 285 g/mol. The van der Waals surface area contributed by atoms with Crippen LogP contribution >= 0.6 is 0 Å². The molecule has 1 unspecified atom stereocenters. The Labute approximate surface area is 127 Å². The zero-order valence-corrected chi connectivity index (χ0v) is 12.8. The van der Waals surface area contributed by atoms with Gasteiger partial charge >= 0.3 is 0 Å². The van der Waals surface area contributed by atoms with Crippen LogP contribution in [0.1, 0.15) is 37.3 Å². The molecular formula is C18H23NO2. The lowest BCUT2D eigenvalue weighted by Crippen LogP contribution is -2.32. The quantitative estimate of drug-likeness (QED) is 0.844. The van der Waals surface area contributed by atoms with Gasteiger partial charge in [0.25, 0.3) is 0 Å². The average molecular weight is 285 g/mol. The molecule has 3 nitrogen and oxygen atoms in total. The highest BCUT2D eigenvalue weighted by molar-refractivity contribution is 5.78. The summed E-state index contributed by atoms with van der Waals surface area (Å²) in [7, 11) is 1.87. The van der Waals surface area contributed by atoms with E-state index in [0.29, 0.717) is 18.9 Å².